The van der Waals surface area contributed by atoms with Crippen LogP contribution in [0.3, 0.4) is 0 Å². The van der Waals surface area contributed by atoms with E-state index >= 15 is 0 Å². The van der Waals surface area contributed by atoms with Crippen molar-refractivity contribution < 1.29 is 9.53 Å². The van der Waals surface area contributed by atoms with Crippen LogP contribution in [0.1, 0.15) is 35.6 Å². The Labute approximate surface area is 130 Å². The predicted octanol–water partition coefficient (Wildman–Crippen LogP) is 2.54. The molecule has 0 aliphatic heterocycles. The van der Waals surface area contributed by atoms with Crippen LogP contribution in [0.2, 0.25) is 0 Å². The summed E-state index contributed by atoms with van der Waals surface area (Å²) in [6.07, 6.45) is 4.00. The van der Waals surface area contributed by atoms with Crippen molar-refractivity contribution in [2.24, 2.45) is 0 Å². The molecule has 2 rings (SSSR count). The molecule has 0 bridgehead atoms. The maximum Gasteiger partial charge on any atom is 0.271 e. The number of benzene rings is 1. The summed E-state index contributed by atoms with van der Waals surface area (Å²) in [5, 5.41) is 2.84. The topological polar surface area (TPSA) is 64.1 Å². The lowest BCUT2D eigenvalue weighted by molar-refractivity contribution is 0.0948. The molecule has 1 amide bonds. The van der Waals surface area contributed by atoms with Crippen molar-refractivity contribution >= 4 is 5.91 Å². The molecule has 5 nitrogen and oxygen atoms in total. The van der Waals surface area contributed by atoms with Crippen LogP contribution >= 0.6 is 0 Å². The molecule has 0 aliphatic rings. The summed E-state index contributed by atoms with van der Waals surface area (Å²) < 4.78 is 5.59. The minimum atomic E-state index is -0.202. The highest BCUT2D eigenvalue weighted by atomic mass is 16.5. The molecule has 1 aromatic heterocycles. The third kappa shape index (κ3) is 4.84. The number of nitrogens with zero attached hydrogens (tertiary/aromatic N) is 2. The van der Waals surface area contributed by atoms with Crippen molar-refractivity contribution in [3.05, 3.63) is 53.6 Å². The zero-order chi connectivity index (χ0) is 15.9. The highest BCUT2D eigenvalue weighted by Crippen LogP contribution is 2.13. The Morgan fingerprint density at radius 3 is 2.50 bits per heavy atom. The van der Waals surface area contributed by atoms with E-state index in [1.807, 2.05) is 45.0 Å². The monoisotopic (exact) mass is 299 g/mol. The van der Waals surface area contributed by atoms with Gasteiger partial charge in [-0.3, -0.25) is 9.78 Å². The van der Waals surface area contributed by atoms with Crippen LogP contribution in [0, 0.1) is 6.92 Å². The standard InChI is InChI=1S/C17H21N3O2/c1-12(2)22-15-6-4-14(5-7-15)8-9-18-17(21)16-11-19-13(3)10-20-16/h4-7,10-12H,8-9H2,1-3H3,(H,18,21). The second kappa shape index (κ2) is 7.54. The van der Waals surface area contributed by atoms with Crippen molar-refractivity contribution in [2.75, 3.05) is 6.54 Å². The van der Waals surface area contributed by atoms with Gasteiger partial charge in [0.25, 0.3) is 5.91 Å². The van der Waals surface area contributed by atoms with E-state index in [1.165, 1.54) is 6.20 Å². The van der Waals surface area contributed by atoms with Gasteiger partial charge in [0.15, 0.2) is 0 Å². The molecule has 2 aromatic rings. The first-order valence-electron chi connectivity index (χ1n) is 7.37. The second-order valence-electron chi connectivity index (χ2n) is 5.36. The largest absolute Gasteiger partial charge is 0.491 e. The summed E-state index contributed by atoms with van der Waals surface area (Å²) in [6, 6.07) is 7.91. The molecule has 0 saturated heterocycles. The van der Waals surface area contributed by atoms with E-state index in [0.29, 0.717) is 12.2 Å². The van der Waals surface area contributed by atoms with Crippen molar-refractivity contribution in [3.63, 3.8) is 0 Å². The zero-order valence-corrected chi connectivity index (χ0v) is 13.2. The van der Waals surface area contributed by atoms with Gasteiger partial charge in [-0.15, -0.1) is 0 Å². The highest BCUT2D eigenvalue weighted by Gasteiger charge is 2.06. The summed E-state index contributed by atoms with van der Waals surface area (Å²) in [7, 11) is 0. The number of nitrogens with one attached hydrogen (secondary N) is 1. The summed E-state index contributed by atoms with van der Waals surface area (Å²) in [5.74, 6) is 0.657. The molecule has 22 heavy (non-hydrogen) atoms. The van der Waals surface area contributed by atoms with Crippen LogP contribution in [0.4, 0.5) is 0 Å². The second-order valence-corrected chi connectivity index (χ2v) is 5.36. The minimum absolute atomic E-state index is 0.167. The number of rotatable bonds is 6. The third-order valence-electron chi connectivity index (χ3n) is 3.01. The molecular weight excluding hydrogens is 278 g/mol. The van der Waals surface area contributed by atoms with Gasteiger partial charge in [0.1, 0.15) is 11.4 Å². The summed E-state index contributed by atoms with van der Waals surface area (Å²) in [5.41, 5.74) is 2.28. The van der Waals surface area contributed by atoms with Crippen molar-refractivity contribution in [1.29, 1.82) is 0 Å². The fourth-order valence-electron chi connectivity index (χ4n) is 1.93. The quantitative estimate of drug-likeness (QED) is 0.890. The molecular formula is C17H21N3O2. The molecule has 0 saturated carbocycles. The predicted molar refractivity (Wildman–Crippen MR) is 85.0 cm³/mol. The lowest BCUT2D eigenvalue weighted by Gasteiger charge is -2.10. The van der Waals surface area contributed by atoms with Gasteiger partial charge in [0, 0.05) is 12.7 Å². The maximum absolute atomic E-state index is 11.9. The molecule has 0 spiro atoms. The van der Waals surface area contributed by atoms with Gasteiger partial charge in [-0.2, -0.15) is 0 Å². The van der Waals surface area contributed by atoms with E-state index in [2.05, 4.69) is 15.3 Å². The van der Waals surface area contributed by atoms with Crippen LogP contribution < -0.4 is 10.1 Å². The number of hydrogen-bond donors (Lipinski definition) is 1. The van der Waals surface area contributed by atoms with Gasteiger partial charge in [-0.05, 0) is 44.9 Å². The molecule has 1 N–H and O–H groups in total. The van der Waals surface area contributed by atoms with E-state index < -0.39 is 0 Å². The fraction of sp³-hybridized carbons (Fsp3) is 0.353. The first-order valence-corrected chi connectivity index (χ1v) is 7.37. The molecule has 0 atom stereocenters. The smallest absolute Gasteiger partial charge is 0.271 e. The van der Waals surface area contributed by atoms with Gasteiger partial charge < -0.3 is 10.1 Å². The van der Waals surface area contributed by atoms with Gasteiger partial charge in [-0.25, -0.2) is 4.98 Å². The van der Waals surface area contributed by atoms with Crippen molar-refractivity contribution in [3.8, 4) is 5.75 Å². The Morgan fingerprint density at radius 2 is 1.91 bits per heavy atom. The van der Waals surface area contributed by atoms with Crippen LogP contribution in [0.25, 0.3) is 0 Å². The Hall–Kier alpha value is -2.43. The van der Waals surface area contributed by atoms with Gasteiger partial charge in [0.05, 0.1) is 18.0 Å². The first kappa shape index (κ1) is 15.9. The minimum Gasteiger partial charge on any atom is -0.491 e. The number of carbonyl (C=O) groups is 1. The first-order chi connectivity index (χ1) is 10.5. The van der Waals surface area contributed by atoms with E-state index in [4.69, 9.17) is 4.74 Å². The molecule has 1 heterocycles. The number of aromatic nitrogens is 2. The van der Waals surface area contributed by atoms with E-state index in [1.54, 1.807) is 6.20 Å². The average Bonchev–Trinajstić information content (AvgIpc) is 2.49. The Kier molecular flexibility index (Phi) is 5.47. The van der Waals surface area contributed by atoms with Crippen molar-refractivity contribution in [2.45, 2.75) is 33.3 Å². The average molecular weight is 299 g/mol. The number of aryl methyl sites for hydroxylation is 1. The fourth-order valence-corrected chi connectivity index (χ4v) is 1.93. The Morgan fingerprint density at radius 1 is 1.18 bits per heavy atom. The van der Waals surface area contributed by atoms with Crippen LogP contribution in [0.5, 0.6) is 5.75 Å². The normalized spacial score (nSPS) is 10.5. The number of hydrogen-bond acceptors (Lipinski definition) is 4. The molecule has 1 aromatic carbocycles. The summed E-state index contributed by atoms with van der Waals surface area (Å²) >= 11 is 0. The molecule has 0 unspecified atom stereocenters. The van der Waals surface area contributed by atoms with Gasteiger partial charge in [-0.1, -0.05) is 12.1 Å². The van der Waals surface area contributed by atoms with Crippen LogP contribution in [-0.4, -0.2) is 28.5 Å². The van der Waals surface area contributed by atoms with Gasteiger partial charge >= 0.3 is 0 Å². The van der Waals surface area contributed by atoms with Gasteiger partial charge in [0.2, 0.25) is 0 Å². The number of ether oxygens (including phenoxy) is 1. The molecule has 0 radical (unpaired) electrons. The Bertz CT molecular complexity index is 607. The zero-order valence-electron chi connectivity index (χ0n) is 13.2. The lowest BCUT2D eigenvalue weighted by atomic mass is 10.1. The number of amides is 1. The van der Waals surface area contributed by atoms with Crippen LogP contribution in [0.15, 0.2) is 36.7 Å². The van der Waals surface area contributed by atoms with Crippen LogP contribution in [-0.2, 0) is 6.42 Å². The highest BCUT2D eigenvalue weighted by molar-refractivity contribution is 5.91. The molecule has 5 heteroatoms. The summed E-state index contributed by atoms with van der Waals surface area (Å²) in [6.45, 7) is 6.38. The Balaban J connectivity index is 1.80. The van der Waals surface area contributed by atoms with Crippen molar-refractivity contribution in [1.82, 2.24) is 15.3 Å². The van der Waals surface area contributed by atoms with E-state index in [-0.39, 0.29) is 12.0 Å². The third-order valence-corrected chi connectivity index (χ3v) is 3.01. The molecule has 116 valence electrons. The lowest BCUT2D eigenvalue weighted by Crippen LogP contribution is -2.26. The number of carbonyl (C=O) groups excluding carboxylic acids is 1. The van der Waals surface area contributed by atoms with E-state index in [9.17, 15) is 4.79 Å². The SMILES string of the molecule is Cc1cnc(C(=O)NCCc2ccc(OC(C)C)cc2)cn1. The summed E-state index contributed by atoms with van der Waals surface area (Å²) in [4.78, 5) is 20.0. The maximum atomic E-state index is 11.9. The van der Waals surface area contributed by atoms with E-state index in [0.717, 1.165) is 23.4 Å². The molecule has 0 fully saturated rings. The molecule has 0 aliphatic carbocycles.